The Labute approximate surface area is 124 Å². The number of alkyl halides is 1. The summed E-state index contributed by atoms with van der Waals surface area (Å²) in [7, 11) is 0. The molecule has 1 aromatic carbocycles. The Kier molecular flexibility index (Phi) is 5.04. The van der Waals surface area contributed by atoms with Gasteiger partial charge in [0, 0.05) is 6.54 Å². The lowest BCUT2D eigenvalue weighted by molar-refractivity contribution is 0.0957. The highest BCUT2D eigenvalue weighted by molar-refractivity contribution is 9.09. The van der Waals surface area contributed by atoms with Crippen LogP contribution < -0.4 is 5.32 Å². The van der Waals surface area contributed by atoms with Crippen molar-refractivity contribution in [2.24, 2.45) is 0 Å². The fourth-order valence-corrected chi connectivity index (χ4v) is 2.79. The van der Waals surface area contributed by atoms with Gasteiger partial charge < -0.3 is 5.32 Å². The largest absolute Gasteiger partial charge is 0.350 e. The summed E-state index contributed by atoms with van der Waals surface area (Å²) in [5.74, 6) is -0.104. The number of hydrogen-bond donors (Lipinski definition) is 1. The van der Waals surface area contributed by atoms with Crippen molar-refractivity contribution in [1.82, 2.24) is 14.9 Å². The van der Waals surface area contributed by atoms with Crippen LogP contribution in [0.5, 0.6) is 0 Å². The molecule has 0 aliphatic heterocycles. The number of hydrogen-bond acceptors (Lipinski definition) is 4. The number of aromatic nitrogens is 2. The predicted octanol–water partition coefficient (Wildman–Crippen LogP) is 2.97. The number of rotatable bonds is 5. The van der Waals surface area contributed by atoms with Crippen LogP contribution >= 0.6 is 27.5 Å². The number of carbonyl (C=O) groups is 1. The molecule has 0 spiro atoms. The number of nitrogens with one attached hydrogen (secondary N) is 1. The van der Waals surface area contributed by atoms with E-state index >= 15 is 0 Å². The molecule has 0 saturated heterocycles. The van der Waals surface area contributed by atoms with Crippen LogP contribution in [0.15, 0.2) is 30.3 Å². The van der Waals surface area contributed by atoms with Gasteiger partial charge in [-0.3, -0.25) is 4.79 Å². The minimum atomic E-state index is -0.104. The van der Waals surface area contributed by atoms with Crippen LogP contribution in [0.4, 0.5) is 0 Å². The molecule has 0 bridgehead atoms. The summed E-state index contributed by atoms with van der Waals surface area (Å²) < 4.78 is 3.82. The lowest BCUT2D eigenvalue weighted by Gasteiger charge is -2.11. The van der Waals surface area contributed by atoms with Gasteiger partial charge in [-0.1, -0.05) is 57.7 Å². The van der Waals surface area contributed by atoms with E-state index in [1.54, 1.807) is 0 Å². The Balaban J connectivity index is 1.94. The van der Waals surface area contributed by atoms with Gasteiger partial charge >= 0.3 is 0 Å². The van der Waals surface area contributed by atoms with E-state index in [1.807, 2.05) is 37.3 Å². The van der Waals surface area contributed by atoms with Crippen molar-refractivity contribution in [1.29, 1.82) is 0 Å². The zero-order chi connectivity index (χ0) is 13.7. The predicted molar refractivity (Wildman–Crippen MR) is 79.7 cm³/mol. The van der Waals surface area contributed by atoms with Gasteiger partial charge in [-0.15, -0.1) is 5.10 Å². The van der Waals surface area contributed by atoms with Crippen LogP contribution in [0.2, 0.25) is 0 Å². The summed E-state index contributed by atoms with van der Waals surface area (Å²) >= 11 is 4.71. The maximum absolute atomic E-state index is 12.0. The van der Waals surface area contributed by atoms with E-state index in [1.165, 1.54) is 0 Å². The van der Waals surface area contributed by atoms with Gasteiger partial charge in [-0.2, -0.15) is 0 Å². The first-order valence-electron chi connectivity index (χ1n) is 6.00. The minimum Gasteiger partial charge on any atom is -0.350 e. The van der Waals surface area contributed by atoms with Crippen molar-refractivity contribution in [3.8, 4) is 0 Å². The molecule has 1 aromatic heterocycles. The number of carbonyl (C=O) groups excluding carboxylic acids is 1. The molecule has 1 amide bonds. The van der Waals surface area contributed by atoms with E-state index < -0.39 is 0 Å². The summed E-state index contributed by atoms with van der Waals surface area (Å²) in [6.07, 6.45) is 0.718. The summed E-state index contributed by atoms with van der Waals surface area (Å²) in [5, 5.41) is 6.84. The number of nitrogens with zero attached hydrogens (tertiary/aromatic N) is 2. The van der Waals surface area contributed by atoms with Gasteiger partial charge in [0.25, 0.3) is 5.91 Å². The molecule has 1 heterocycles. The first-order valence-corrected chi connectivity index (χ1v) is 7.69. The SMILES string of the molecule is CCc1nnsc1C(=O)NCC(Br)c1ccccc1. The highest BCUT2D eigenvalue weighted by Crippen LogP contribution is 2.21. The molecular formula is C13H14BrN3OS. The first-order chi connectivity index (χ1) is 9.22. The average Bonchev–Trinajstić information content (AvgIpc) is 2.93. The van der Waals surface area contributed by atoms with Crippen LogP contribution in [0.25, 0.3) is 0 Å². The standard InChI is InChI=1S/C13H14BrN3OS/c1-2-11-12(19-17-16-11)13(18)15-8-10(14)9-6-4-3-5-7-9/h3-7,10H,2,8H2,1H3,(H,15,18). The zero-order valence-corrected chi connectivity index (χ0v) is 12.9. The monoisotopic (exact) mass is 339 g/mol. The Morgan fingerprint density at radius 1 is 1.42 bits per heavy atom. The van der Waals surface area contributed by atoms with E-state index in [9.17, 15) is 4.79 Å². The highest BCUT2D eigenvalue weighted by atomic mass is 79.9. The highest BCUT2D eigenvalue weighted by Gasteiger charge is 2.16. The Morgan fingerprint density at radius 3 is 2.84 bits per heavy atom. The molecule has 0 radical (unpaired) electrons. The molecule has 1 unspecified atom stereocenters. The molecule has 2 aromatic rings. The summed E-state index contributed by atoms with van der Waals surface area (Å²) in [5.41, 5.74) is 1.90. The fourth-order valence-electron chi connectivity index (χ4n) is 1.65. The van der Waals surface area contributed by atoms with Crippen LogP contribution in [-0.2, 0) is 6.42 Å². The fraction of sp³-hybridized carbons (Fsp3) is 0.308. The normalized spacial score (nSPS) is 12.1. The molecule has 4 nitrogen and oxygen atoms in total. The maximum Gasteiger partial charge on any atom is 0.264 e. The Hall–Kier alpha value is -1.27. The molecule has 100 valence electrons. The van der Waals surface area contributed by atoms with Crippen molar-refractivity contribution >= 4 is 33.4 Å². The quantitative estimate of drug-likeness (QED) is 0.852. The van der Waals surface area contributed by atoms with Crippen molar-refractivity contribution in [3.63, 3.8) is 0 Å². The van der Waals surface area contributed by atoms with Gasteiger partial charge in [0.2, 0.25) is 0 Å². The average molecular weight is 340 g/mol. The summed E-state index contributed by atoms with van der Waals surface area (Å²) in [4.78, 5) is 12.7. The van der Waals surface area contributed by atoms with Gasteiger partial charge in [0.05, 0.1) is 10.5 Å². The van der Waals surface area contributed by atoms with Gasteiger partial charge in [0.15, 0.2) is 0 Å². The van der Waals surface area contributed by atoms with Crippen LogP contribution in [0.3, 0.4) is 0 Å². The number of halogens is 1. The zero-order valence-electron chi connectivity index (χ0n) is 10.5. The minimum absolute atomic E-state index is 0.101. The lowest BCUT2D eigenvalue weighted by Crippen LogP contribution is -2.26. The first kappa shape index (κ1) is 14.1. The third-order valence-electron chi connectivity index (χ3n) is 2.70. The number of benzene rings is 1. The van der Waals surface area contributed by atoms with Crippen molar-refractivity contribution in [2.45, 2.75) is 18.2 Å². The molecule has 2 rings (SSSR count). The molecule has 0 saturated carbocycles. The van der Waals surface area contributed by atoms with Crippen molar-refractivity contribution in [3.05, 3.63) is 46.5 Å². The maximum atomic E-state index is 12.0. The topological polar surface area (TPSA) is 54.9 Å². The van der Waals surface area contributed by atoms with E-state index in [4.69, 9.17) is 0 Å². The van der Waals surface area contributed by atoms with Crippen LogP contribution in [0.1, 0.15) is 32.7 Å². The second-order valence-electron chi connectivity index (χ2n) is 3.99. The van der Waals surface area contributed by atoms with Gasteiger partial charge in [0.1, 0.15) is 4.88 Å². The van der Waals surface area contributed by atoms with E-state index in [-0.39, 0.29) is 10.7 Å². The van der Waals surface area contributed by atoms with Crippen molar-refractivity contribution in [2.75, 3.05) is 6.54 Å². The van der Waals surface area contributed by atoms with Gasteiger partial charge in [-0.25, -0.2) is 0 Å². The third kappa shape index (κ3) is 3.61. The number of aryl methyl sites for hydroxylation is 1. The Bertz CT molecular complexity index is 544. The molecular weight excluding hydrogens is 326 g/mol. The molecule has 1 N–H and O–H groups in total. The smallest absolute Gasteiger partial charge is 0.264 e. The lowest BCUT2D eigenvalue weighted by atomic mass is 10.1. The van der Waals surface area contributed by atoms with Crippen LogP contribution in [-0.4, -0.2) is 22.0 Å². The van der Waals surface area contributed by atoms with E-state index in [2.05, 4.69) is 30.8 Å². The van der Waals surface area contributed by atoms with Crippen LogP contribution in [0, 0.1) is 0 Å². The molecule has 0 fully saturated rings. The van der Waals surface area contributed by atoms with E-state index in [0.29, 0.717) is 11.4 Å². The molecule has 0 aliphatic carbocycles. The third-order valence-corrected chi connectivity index (χ3v) is 4.32. The molecule has 6 heteroatoms. The van der Waals surface area contributed by atoms with E-state index in [0.717, 1.165) is 29.2 Å². The molecule has 0 aliphatic rings. The van der Waals surface area contributed by atoms with Crippen molar-refractivity contribution < 1.29 is 4.79 Å². The number of amides is 1. The second kappa shape index (κ2) is 6.77. The molecule has 1 atom stereocenters. The summed E-state index contributed by atoms with van der Waals surface area (Å²) in [6.45, 7) is 2.49. The molecule has 19 heavy (non-hydrogen) atoms. The Morgan fingerprint density at radius 2 is 2.16 bits per heavy atom. The van der Waals surface area contributed by atoms with Gasteiger partial charge in [-0.05, 0) is 23.5 Å². The second-order valence-corrected chi connectivity index (χ2v) is 5.85. The summed E-state index contributed by atoms with van der Waals surface area (Å²) in [6, 6.07) is 9.98.